The maximum Gasteiger partial charge on any atom is 0.249 e. The molecule has 4 N–H and O–H groups in total. The van der Waals surface area contributed by atoms with Crippen LogP contribution in [-0.4, -0.2) is 5.91 Å². The van der Waals surface area contributed by atoms with E-state index >= 15 is 0 Å². The Labute approximate surface area is 118 Å². The summed E-state index contributed by atoms with van der Waals surface area (Å²) in [6.07, 6.45) is 0. The summed E-state index contributed by atoms with van der Waals surface area (Å²) >= 11 is 0. The first-order valence-corrected chi connectivity index (χ1v) is 6.36. The molecule has 104 valence electrons. The van der Waals surface area contributed by atoms with Gasteiger partial charge in [-0.25, -0.2) is 0 Å². The Kier molecular flexibility index (Phi) is 3.94. The standard InChI is InChI=1S/C16H18N2O2/c1-10-7-11(2)15(8-14(10)17)20-9-12-5-3-4-6-13(12)16(18)19/h3-8H,9,17H2,1-2H3,(H2,18,19). The average Bonchev–Trinajstić information content (AvgIpc) is 2.41. The number of carbonyl (C=O) groups is 1. The lowest BCUT2D eigenvalue weighted by Gasteiger charge is -2.13. The van der Waals surface area contributed by atoms with Crippen LogP contribution in [-0.2, 0) is 6.61 Å². The number of primary amides is 1. The molecule has 20 heavy (non-hydrogen) atoms. The number of hydrogen-bond acceptors (Lipinski definition) is 3. The average molecular weight is 270 g/mol. The monoisotopic (exact) mass is 270 g/mol. The molecule has 1 amide bonds. The predicted octanol–water partition coefficient (Wildman–Crippen LogP) is 2.56. The van der Waals surface area contributed by atoms with Crippen molar-refractivity contribution in [2.24, 2.45) is 5.73 Å². The van der Waals surface area contributed by atoms with Gasteiger partial charge in [-0.1, -0.05) is 24.3 Å². The number of hydrogen-bond donors (Lipinski definition) is 2. The van der Waals surface area contributed by atoms with Gasteiger partial charge >= 0.3 is 0 Å². The summed E-state index contributed by atoms with van der Waals surface area (Å²) < 4.78 is 5.76. The van der Waals surface area contributed by atoms with E-state index in [1.807, 2.05) is 32.0 Å². The van der Waals surface area contributed by atoms with Crippen LogP contribution in [0.15, 0.2) is 36.4 Å². The Morgan fingerprint density at radius 1 is 1.15 bits per heavy atom. The fourth-order valence-corrected chi connectivity index (χ4v) is 2.05. The molecule has 0 aliphatic rings. The zero-order chi connectivity index (χ0) is 14.7. The molecule has 0 spiro atoms. The van der Waals surface area contributed by atoms with E-state index in [1.54, 1.807) is 18.2 Å². The van der Waals surface area contributed by atoms with E-state index in [0.29, 0.717) is 17.0 Å². The van der Waals surface area contributed by atoms with Gasteiger partial charge in [-0.05, 0) is 31.0 Å². The first-order chi connectivity index (χ1) is 9.49. The number of aryl methyl sites for hydroxylation is 2. The molecule has 0 saturated heterocycles. The Hall–Kier alpha value is -2.49. The van der Waals surface area contributed by atoms with Gasteiger partial charge in [-0.15, -0.1) is 0 Å². The highest BCUT2D eigenvalue weighted by molar-refractivity contribution is 5.94. The van der Waals surface area contributed by atoms with Crippen molar-refractivity contribution in [2.45, 2.75) is 20.5 Å². The van der Waals surface area contributed by atoms with Crippen LogP contribution < -0.4 is 16.2 Å². The summed E-state index contributed by atoms with van der Waals surface area (Å²) in [6.45, 7) is 4.19. The van der Waals surface area contributed by atoms with Crippen molar-refractivity contribution < 1.29 is 9.53 Å². The summed E-state index contributed by atoms with van der Waals surface area (Å²) in [5, 5.41) is 0. The van der Waals surface area contributed by atoms with E-state index in [9.17, 15) is 4.79 Å². The number of rotatable bonds is 4. The van der Waals surface area contributed by atoms with E-state index in [4.69, 9.17) is 16.2 Å². The summed E-state index contributed by atoms with van der Waals surface area (Å²) in [7, 11) is 0. The minimum atomic E-state index is -0.454. The Morgan fingerprint density at radius 3 is 2.55 bits per heavy atom. The van der Waals surface area contributed by atoms with E-state index in [0.717, 1.165) is 16.7 Å². The maximum absolute atomic E-state index is 11.3. The molecule has 2 rings (SSSR count). The molecule has 0 aliphatic heterocycles. The van der Waals surface area contributed by atoms with Crippen LogP contribution in [0, 0.1) is 13.8 Å². The third-order valence-electron chi connectivity index (χ3n) is 3.23. The van der Waals surface area contributed by atoms with Gasteiger partial charge in [0.25, 0.3) is 0 Å². The number of amides is 1. The largest absolute Gasteiger partial charge is 0.489 e. The molecule has 2 aromatic rings. The summed E-state index contributed by atoms with van der Waals surface area (Å²) in [6, 6.07) is 10.9. The second-order valence-electron chi connectivity index (χ2n) is 4.78. The number of nitrogen functional groups attached to an aromatic ring is 1. The number of nitrogens with two attached hydrogens (primary N) is 2. The molecule has 0 unspecified atom stereocenters. The van der Waals surface area contributed by atoms with E-state index in [1.165, 1.54) is 0 Å². The Bertz CT molecular complexity index is 651. The van der Waals surface area contributed by atoms with Crippen molar-refractivity contribution in [2.75, 3.05) is 5.73 Å². The van der Waals surface area contributed by atoms with Crippen LogP contribution in [0.2, 0.25) is 0 Å². The molecule has 0 bridgehead atoms. The fourth-order valence-electron chi connectivity index (χ4n) is 2.05. The Morgan fingerprint density at radius 2 is 1.85 bits per heavy atom. The van der Waals surface area contributed by atoms with E-state index < -0.39 is 5.91 Å². The second-order valence-corrected chi connectivity index (χ2v) is 4.78. The van der Waals surface area contributed by atoms with Gasteiger partial charge in [0.05, 0.1) is 0 Å². The van der Waals surface area contributed by atoms with Crippen LogP contribution in [0.4, 0.5) is 5.69 Å². The van der Waals surface area contributed by atoms with Gasteiger partial charge in [-0.3, -0.25) is 4.79 Å². The number of benzene rings is 2. The molecule has 2 aromatic carbocycles. The summed E-state index contributed by atoms with van der Waals surface area (Å²) in [5.74, 6) is 0.261. The number of anilines is 1. The molecule has 0 saturated carbocycles. The van der Waals surface area contributed by atoms with Gasteiger partial charge in [-0.2, -0.15) is 0 Å². The normalized spacial score (nSPS) is 10.3. The molecule has 0 heterocycles. The lowest BCUT2D eigenvalue weighted by Crippen LogP contribution is -2.14. The van der Waals surface area contributed by atoms with Crippen molar-refractivity contribution in [3.8, 4) is 5.75 Å². The van der Waals surface area contributed by atoms with Crippen molar-refractivity contribution >= 4 is 11.6 Å². The minimum absolute atomic E-state index is 0.280. The van der Waals surface area contributed by atoms with Crippen molar-refractivity contribution in [3.63, 3.8) is 0 Å². The first kappa shape index (κ1) is 13.9. The van der Waals surface area contributed by atoms with Gasteiger partial charge in [0.1, 0.15) is 12.4 Å². The minimum Gasteiger partial charge on any atom is -0.489 e. The van der Waals surface area contributed by atoms with Crippen molar-refractivity contribution in [3.05, 3.63) is 58.7 Å². The summed E-state index contributed by atoms with van der Waals surface area (Å²) in [4.78, 5) is 11.3. The highest BCUT2D eigenvalue weighted by atomic mass is 16.5. The van der Waals surface area contributed by atoms with Crippen LogP contribution in [0.3, 0.4) is 0 Å². The zero-order valence-electron chi connectivity index (χ0n) is 11.6. The molecule has 4 nitrogen and oxygen atoms in total. The second kappa shape index (κ2) is 5.65. The van der Waals surface area contributed by atoms with Crippen LogP contribution in [0.5, 0.6) is 5.75 Å². The molecular weight excluding hydrogens is 252 g/mol. The van der Waals surface area contributed by atoms with Crippen molar-refractivity contribution in [1.82, 2.24) is 0 Å². The molecular formula is C16H18N2O2. The van der Waals surface area contributed by atoms with Crippen molar-refractivity contribution in [1.29, 1.82) is 0 Å². The van der Waals surface area contributed by atoms with Gasteiger partial charge < -0.3 is 16.2 Å². The van der Waals surface area contributed by atoms with Crippen LogP contribution in [0.25, 0.3) is 0 Å². The number of ether oxygens (including phenoxy) is 1. The number of carbonyl (C=O) groups excluding carboxylic acids is 1. The first-order valence-electron chi connectivity index (χ1n) is 6.36. The van der Waals surface area contributed by atoms with Gasteiger partial charge in [0, 0.05) is 22.9 Å². The quantitative estimate of drug-likeness (QED) is 0.838. The molecule has 0 aliphatic carbocycles. The lowest BCUT2D eigenvalue weighted by atomic mass is 10.1. The van der Waals surface area contributed by atoms with Gasteiger partial charge in [0.15, 0.2) is 0 Å². The zero-order valence-corrected chi connectivity index (χ0v) is 11.6. The van der Waals surface area contributed by atoms with E-state index in [2.05, 4.69) is 0 Å². The Balaban J connectivity index is 2.21. The maximum atomic E-state index is 11.3. The predicted molar refractivity (Wildman–Crippen MR) is 79.6 cm³/mol. The molecule has 4 heteroatoms. The molecule has 0 fully saturated rings. The van der Waals surface area contributed by atoms with E-state index in [-0.39, 0.29) is 6.61 Å². The fraction of sp³-hybridized carbons (Fsp3) is 0.188. The highest BCUT2D eigenvalue weighted by Gasteiger charge is 2.09. The van der Waals surface area contributed by atoms with Gasteiger partial charge in [0.2, 0.25) is 5.91 Å². The topological polar surface area (TPSA) is 78.3 Å². The molecule has 0 aromatic heterocycles. The summed E-state index contributed by atoms with van der Waals surface area (Å²) in [5.41, 5.74) is 15.2. The molecule has 0 radical (unpaired) electrons. The molecule has 0 atom stereocenters. The van der Waals surface area contributed by atoms with Crippen LogP contribution >= 0.6 is 0 Å². The highest BCUT2D eigenvalue weighted by Crippen LogP contribution is 2.25. The SMILES string of the molecule is Cc1cc(C)c(OCc2ccccc2C(N)=O)cc1N. The smallest absolute Gasteiger partial charge is 0.249 e. The third-order valence-corrected chi connectivity index (χ3v) is 3.23. The third kappa shape index (κ3) is 2.91. The lowest BCUT2D eigenvalue weighted by molar-refractivity contribution is 0.0998. The van der Waals surface area contributed by atoms with Crippen LogP contribution in [0.1, 0.15) is 27.0 Å².